The van der Waals surface area contributed by atoms with E-state index in [1.54, 1.807) is 18.3 Å². The molecule has 1 amide bonds. The van der Waals surface area contributed by atoms with Gasteiger partial charge in [-0.1, -0.05) is 30.3 Å². The van der Waals surface area contributed by atoms with E-state index >= 15 is 0 Å². The number of nitrogens with one attached hydrogen (secondary N) is 2. The van der Waals surface area contributed by atoms with Crippen LogP contribution in [0.4, 0.5) is 22.0 Å². The number of para-hydroxylation sites is 3. The molecule has 0 fully saturated rings. The van der Waals surface area contributed by atoms with Crippen LogP contribution in [0.5, 0.6) is 11.5 Å². The number of carbonyl (C=O) groups is 1. The highest BCUT2D eigenvalue weighted by Crippen LogP contribution is 2.31. The summed E-state index contributed by atoms with van der Waals surface area (Å²) in [5.41, 5.74) is 1.33. The first kappa shape index (κ1) is 16.3. The second kappa shape index (κ2) is 7.83. The number of aromatic nitrogens is 1. The first-order chi connectivity index (χ1) is 12.2. The van der Waals surface area contributed by atoms with Crippen LogP contribution in [0.15, 0.2) is 72.9 Å². The molecule has 3 aromatic rings. The zero-order chi connectivity index (χ0) is 17.5. The van der Waals surface area contributed by atoms with Crippen molar-refractivity contribution in [1.29, 1.82) is 0 Å². The number of pyridine rings is 1. The van der Waals surface area contributed by atoms with Gasteiger partial charge in [0, 0.05) is 0 Å². The van der Waals surface area contributed by atoms with Gasteiger partial charge in [-0.2, -0.15) is 0 Å². The Morgan fingerprint density at radius 2 is 1.72 bits per heavy atom. The first-order valence-corrected chi connectivity index (χ1v) is 7.64. The molecule has 6 heteroatoms. The third kappa shape index (κ3) is 4.48. The lowest BCUT2D eigenvalue weighted by Gasteiger charge is -2.13. The average molecular weight is 335 g/mol. The predicted molar refractivity (Wildman–Crippen MR) is 96.5 cm³/mol. The second-order valence-electron chi connectivity index (χ2n) is 5.08. The van der Waals surface area contributed by atoms with Gasteiger partial charge in [-0.3, -0.25) is 5.32 Å². The van der Waals surface area contributed by atoms with Crippen molar-refractivity contribution in [3.63, 3.8) is 0 Å². The minimum absolute atomic E-state index is 0.538. The summed E-state index contributed by atoms with van der Waals surface area (Å²) in [5.74, 6) is 2.06. The van der Waals surface area contributed by atoms with E-state index in [0.29, 0.717) is 17.3 Å². The molecule has 25 heavy (non-hydrogen) atoms. The number of methoxy groups -OCH3 is 1. The van der Waals surface area contributed by atoms with E-state index < -0.39 is 6.09 Å². The molecular weight excluding hydrogens is 318 g/mol. The number of hydrogen-bond donors (Lipinski definition) is 2. The fourth-order valence-electron chi connectivity index (χ4n) is 2.12. The molecule has 6 nitrogen and oxygen atoms in total. The van der Waals surface area contributed by atoms with Crippen LogP contribution in [0.3, 0.4) is 0 Å². The van der Waals surface area contributed by atoms with Crippen molar-refractivity contribution >= 4 is 23.3 Å². The monoisotopic (exact) mass is 335 g/mol. The van der Waals surface area contributed by atoms with Crippen LogP contribution in [0.25, 0.3) is 0 Å². The molecule has 0 aliphatic rings. The van der Waals surface area contributed by atoms with E-state index in [1.165, 1.54) is 7.11 Å². The highest BCUT2D eigenvalue weighted by Gasteiger charge is 2.06. The maximum atomic E-state index is 11.2. The molecule has 0 atom stereocenters. The summed E-state index contributed by atoms with van der Waals surface area (Å²) in [6.07, 6.45) is 1.00. The Balaban J connectivity index is 1.73. The number of carbonyl (C=O) groups excluding carboxylic acids is 1. The van der Waals surface area contributed by atoms with E-state index in [1.807, 2.05) is 54.6 Å². The molecule has 0 bridgehead atoms. The molecule has 2 aromatic carbocycles. The van der Waals surface area contributed by atoms with Crippen LogP contribution < -0.4 is 15.4 Å². The lowest BCUT2D eigenvalue weighted by Crippen LogP contribution is -2.11. The van der Waals surface area contributed by atoms with Crippen LogP contribution >= 0.6 is 0 Å². The number of hydrogen-bond acceptors (Lipinski definition) is 5. The van der Waals surface area contributed by atoms with Gasteiger partial charge >= 0.3 is 6.09 Å². The van der Waals surface area contributed by atoms with Crippen LogP contribution in [0.2, 0.25) is 0 Å². The summed E-state index contributed by atoms with van der Waals surface area (Å²) in [6, 6.07) is 20.6. The highest BCUT2D eigenvalue weighted by atomic mass is 16.5. The number of benzene rings is 2. The van der Waals surface area contributed by atoms with Crippen LogP contribution in [-0.4, -0.2) is 18.2 Å². The zero-order valence-corrected chi connectivity index (χ0v) is 13.6. The third-order valence-electron chi connectivity index (χ3n) is 3.32. The van der Waals surface area contributed by atoms with Gasteiger partial charge in [0.1, 0.15) is 11.6 Å². The summed E-state index contributed by atoms with van der Waals surface area (Å²) < 4.78 is 10.5. The van der Waals surface area contributed by atoms with E-state index in [2.05, 4.69) is 20.4 Å². The molecule has 0 saturated carbocycles. The second-order valence-corrected chi connectivity index (χ2v) is 5.08. The maximum absolute atomic E-state index is 11.2. The van der Waals surface area contributed by atoms with Gasteiger partial charge < -0.3 is 14.8 Å². The Bertz CT molecular complexity index is 836. The van der Waals surface area contributed by atoms with Crippen molar-refractivity contribution < 1.29 is 14.3 Å². The predicted octanol–water partition coefficient (Wildman–Crippen LogP) is 4.80. The molecule has 0 aliphatic carbocycles. The number of amides is 1. The van der Waals surface area contributed by atoms with Gasteiger partial charge in [-0.05, 0) is 36.4 Å². The topological polar surface area (TPSA) is 72.5 Å². The van der Waals surface area contributed by atoms with Crippen molar-refractivity contribution in [2.24, 2.45) is 0 Å². The molecule has 3 rings (SSSR count). The third-order valence-corrected chi connectivity index (χ3v) is 3.32. The standard InChI is InChI=1S/C19H17N3O3/c1-24-19(23)21-14-11-12-18(20-13-14)22-16-9-5-6-10-17(16)25-15-7-3-2-4-8-15/h2-13H,1H3,(H,20,22)(H,21,23). The minimum atomic E-state index is -0.538. The van der Waals surface area contributed by atoms with E-state index in [9.17, 15) is 4.79 Å². The van der Waals surface area contributed by atoms with E-state index in [0.717, 1.165) is 11.4 Å². The van der Waals surface area contributed by atoms with E-state index in [-0.39, 0.29) is 0 Å². The number of rotatable bonds is 5. The lowest BCUT2D eigenvalue weighted by molar-refractivity contribution is 0.187. The number of anilines is 3. The normalized spacial score (nSPS) is 9.96. The average Bonchev–Trinajstić information content (AvgIpc) is 2.65. The summed E-state index contributed by atoms with van der Waals surface area (Å²) in [4.78, 5) is 15.5. The largest absolute Gasteiger partial charge is 0.455 e. The molecular formula is C19H17N3O3. The van der Waals surface area contributed by atoms with Crippen LogP contribution in [-0.2, 0) is 4.74 Å². The quantitative estimate of drug-likeness (QED) is 0.701. The highest BCUT2D eigenvalue weighted by molar-refractivity contribution is 5.84. The van der Waals surface area contributed by atoms with Gasteiger partial charge in [0.2, 0.25) is 0 Å². The van der Waals surface area contributed by atoms with Gasteiger partial charge in [-0.25, -0.2) is 9.78 Å². The van der Waals surface area contributed by atoms with Crippen molar-refractivity contribution in [3.05, 3.63) is 72.9 Å². The van der Waals surface area contributed by atoms with Gasteiger partial charge in [0.15, 0.2) is 5.75 Å². The van der Waals surface area contributed by atoms with Crippen molar-refractivity contribution in [3.8, 4) is 11.5 Å². The first-order valence-electron chi connectivity index (χ1n) is 7.64. The molecule has 126 valence electrons. The fraction of sp³-hybridized carbons (Fsp3) is 0.0526. The van der Waals surface area contributed by atoms with Crippen molar-refractivity contribution in [2.75, 3.05) is 17.7 Å². The Morgan fingerprint density at radius 1 is 0.960 bits per heavy atom. The van der Waals surface area contributed by atoms with Crippen LogP contribution in [0, 0.1) is 0 Å². The summed E-state index contributed by atoms with van der Waals surface area (Å²) in [6.45, 7) is 0. The Kier molecular flexibility index (Phi) is 5.11. The molecule has 0 radical (unpaired) electrons. The zero-order valence-electron chi connectivity index (χ0n) is 13.6. The lowest BCUT2D eigenvalue weighted by atomic mass is 10.2. The summed E-state index contributed by atoms with van der Waals surface area (Å²) >= 11 is 0. The number of nitrogens with zero attached hydrogens (tertiary/aromatic N) is 1. The fourth-order valence-corrected chi connectivity index (χ4v) is 2.12. The molecule has 1 heterocycles. The molecule has 0 unspecified atom stereocenters. The van der Waals surface area contributed by atoms with Gasteiger partial charge in [0.05, 0.1) is 24.7 Å². The summed E-state index contributed by atoms with van der Waals surface area (Å²) in [5, 5.41) is 5.76. The van der Waals surface area contributed by atoms with Gasteiger partial charge in [-0.15, -0.1) is 0 Å². The summed E-state index contributed by atoms with van der Waals surface area (Å²) in [7, 11) is 1.31. The van der Waals surface area contributed by atoms with Crippen molar-refractivity contribution in [1.82, 2.24) is 4.98 Å². The molecule has 0 spiro atoms. The molecule has 0 saturated heterocycles. The Morgan fingerprint density at radius 3 is 2.44 bits per heavy atom. The smallest absolute Gasteiger partial charge is 0.411 e. The maximum Gasteiger partial charge on any atom is 0.411 e. The van der Waals surface area contributed by atoms with E-state index in [4.69, 9.17) is 4.74 Å². The number of ether oxygens (including phenoxy) is 2. The Hall–Kier alpha value is -3.54. The van der Waals surface area contributed by atoms with Gasteiger partial charge in [0.25, 0.3) is 0 Å². The van der Waals surface area contributed by atoms with Crippen molar-refractivity contribution in [2.45, 2.75) is 0 Å². The SMILES string of the molecule is COC(=O)Nc1ccc(Nc2ccccc2Oc2ccccc2)nc1. The molecule has 1 aromatic heterocycles. The Labute approximate surface area is 145 Å². The molecule has 2 N–H and O–H groups in total. The van der Waals surface area contributed by atoms with Crippen LogP contribution in [0.1, 0.15) is 0 Å². The minimum Gasteiger partial charge on any atom is -0.455 e. The molecule has 0 aliphatic heterocycles.